The molecule has 10 heteroatoms. The summed E-state index contributed by atoms with van der Waals surface area (Å²) in [7, 11) is -0.682. The van der Waals surface area contributed by atoms with E-state index in [0.717, 1.165) is 43.2 Å². The number of ether oxygens (including phenoxy) is 4. The molecule has 9 nitrogen and oxygen atoms in total. The summed E-state index contributed by atoms with van der Waals surface area (Å²) in [6, 6.07) is 2.68. The Morgan fingerprint density at radius 1 is 1.29 bits per heavy atom. The van der Waals surface area contributed by atoms with E-state index in [9.17, 15) is 0 Å². The maximum atomic E-state index is 8.83. The normalized spacial score (nSPS) is 32.1. The van der Waals surface area contributed by atoms with E-state index >= 15 is 0 Å². The van der Waals surface area contributed by atoms with Gasteiger partial charge in [0.2, 0.25) is 12.5 Å². The molecule has 1 aromatic carbocycles. The van der Waals surface area contributed by atoms with E-state index in [2.05, 4.69) is 23.1 Å². The summed E-state index contributed by atoms with van der Waals surface area (Å²) in [5, 5.41) is 0. The summed E-state index contributed by atoms with van der Waals surface area (Å²) < 4.78 is 52.8. The molecular formula is C18H24ClNO8. The zero-order chi connectivity index (χ0) is 20.1. The van der Waals surface area contributed by atoms with Gasteiger partial charge in [0.05, 0.1) is 13.2 Å². The molecule has 0 aromatic heterocycles. The summed E-state index contributed by atoms with van der Waals surface area (Å²) in [6.45, 7) is 2.29. The Bertz CT molecular complexity index is 789. The first-order valence-corrected chi connectivity index (χ1v) is 10.2. The van der Waals surface area contributed by atoms with Gasteiger partial charge in [-0.1, -0.05) is 12.2 Å². The average Bonchev–Trinajstić information content (AvgIpc) is 3.21. The van der Waals surface area contributed by atoms with E-state index in [1.54, 1.807) is 14.2 Å². The third-order valence-corrected chi connectivity index (χ3v) is 6.00. The number of hydrogen-bond acceptors (Lipinski definition) is 9. The molecule has 3 N–H and O–H groups in total. The van der Waals surface area contributed by atoms with Crippen LogP contribution in [0.1, 0.15) is 24.0 Å². The Balaban J connectivity index is 0.000000346. The molecular weight excluding hydrogens is 394 g/mol. The SMILES string of the molecule is COc1c2c(cc3c1OCO3)C13C=CC(OC)CC1N(CC3)C2.[O-][Cl+](O)(O)O. The Hall–Kier alpha value is -1.59. The van der Waals surface area contributed by atoms with E-state index in [4.69, 9.17) is 37.6 Å². The fourth-order valence-electron chi connectivity index (χ4n) is 4.92. The van der Waals surface area contributed by atoms with Crippen LogP contribution in [0, 0.1) is 10.2 Å². The van der Waals surface area contributed by atoms with Crippen LogP contribution in [-0.2, 0) is 16.7 Å². The topological polar surface area (TPSA) is 124 Å². The van der Waals surface area contributed by atoms with Crippen molar-refractivity contribution in [1.82, 2.24) is 4.90 Å². The van der Waals surface area contributed by atoms with Crippen molar-refractivity contribution in [1.29, 1.82) is 0 Å². The van der Waals surface area contributed by atoms with E-state index in [1.165, 1.54) is 11.1 Å². The molecule has 1 aromatic rings. The molecule has 28 heavy (non-hydrogen) atoms. The van der Waals surface area contributed by atoms with Crippen LogP contribution in [0.2, 0.25) is 0 Å². The minimum absolute atomic E-state index is 0.0525. The second kappa shape index (κ2) is 7.03. The Morgan fingerprint density at radius 2 is 2.04 bits per heavy atom. The van der Waals surface area contributed by atoms with E-state index in [1.807, 2.05) is 0 Å². The van der Waals surface area contributed by atoms with Gasteiger partial charge < -0.3 is 18.9 Å². The summed E-state index contributed by atoms with van der Waals surface area (Å²) >= 11 is 0. The van der Waals surface area contributed by atoms with E-state index in [-0.39, 0.29) is 18.3 Å². The Morgan fingerprint density at radius 3 is 2.71 bits per heavy atom. The molecule has 0 spiro atoms. The standard InChI is InChI=1S/C18H21NO4.ClH3O4/c1-20-11-3-4-18-5-6-19(15(18)7-11)9-12-13(18)8-14-17(16(12)21-2)23-10-22-14;2-1(3,4)5/h3-4,8,11,15H,5-7,9-10H2,1-2H3;2-4H. The predicted molar refractivity (Wildman–Crippen MR) is 90.8 cm³/mol. The van der Waals surface area contributed by atoms with Gasteiger partial charge in [-0.15, -0.1) is 0 Å². The Kier molecular flexibility index (Phi) is 4.95. The van der Waals surface area contributed by atoms with Gasteiger partial charge in [-0.05, 0) is 24.5 Å². The first-order chi connectivity index (χ1) is 13.3. The van der Waals surface area contributed by atoms with Crippen LogP contribution in [0.5, 0.6) is 17.2 Å². The molecule has 1 aliphatic carbocycles. The molecule has 156 valence electrons. The van der Waals surface area contributed by atoms with Crippen molar-refractivity contribution in [3.8, 4) is 17.2 Å². The number of benzene rings is 1. The van der Waals surface area contributed by atoms with Crippen molar-refractivity contribution >= 4 is 0 Å². The molecule has 0 saturated carbocycles. The maximum absolute atomic E-state index is 8.83. The first-order valence-electron chi connectivity index (χ1n) is 8.89. The zero-order valence-corrected chi connectivity index (χ0v) is 16.4. The van der Waals surface area contributed by atoms with Crippen LogP contribution in [0.3, 0.4) is 0 Å². The number of rotatable bonds is 2. The number of methoxy groups -OCH3 is 2. The molecule has 3 heterocycles. The fourth-order valence-corrected chi connectivity index (χ4v) is 4.92. The van der Waals surface area contributed by atoms with Crippen molar-refractivity contribution in [2.75, 3.05) is 27.6 Å². The third-order valence-electron chi connectivity index (χ3n) is 6.00. The zero-order valence-electron chi connectivity index (χ0n) is 15.6. The van der Waals surface area contributed by atoms with Crippen molar-refractivity contribution in [2.24, 2.45) is 0 Å². The van der Waals surface area contributed by atoms with E-state index < -0.39 is 10.2 Å². The molecule has 2 bridgehead atoms. The molecule has 0 radical (unpaired) electrons. The number of fused-ring (bicyclic) bond motifs is 2. The summed E-state index contributed by atoms with van der Waals surface area (Å²) in [6.07, 6.45) is 7.00. The second-order valence-corrected chi connectivity index (χ2v) is 8.12. The predicted octanol–water partition coefficient (Wildman–Crippen LogP) is -0.635. The second-order valence-electron chi connectivity index (χ2n) is 7.25. The van der Waals surface area contributed by atoms with Gasteiger partial charge in [0, 0.05) is 37.2 Å². The molecule has 1 fully saturated rings. The molecule has 1 saturated heterocycles. The molecule has 4 aliphatic rings. The van der Waals surface area contributed by atoms with Crippen LogP contribution in [-0.4, -0.2) is 58.6 Å². The van der Waals surface area contributed by atoms with Gasteiger partial charge in [0.15, 0.2) is 11.5 Å². The van der Waals surface area contributed by atoms with Gasteiger partial charge >= 0.3 is 28.9 Å². The third kappa shape index (κ3) is 3.22. The van der Waals surface area contributed by atoms with Crippen LogP contribution in [0.15, 0.2) is 18.2 Å². The molecule has 4 unspecified atom stereocenters. The minimum atomic E-state index is -4.19. The first kappa shape index (κ1) is 19.7. The van der Waals surface area contributed by atoms with Gasteiger partial charge in [-0.25, -0.2) is 0 Å². The fraction of sp³-hybridized carbons (Fsp3) is 0.556. The van der Waals surface area contributed by atoms with Crippen molar-refractivity contribution in [2.45, 2.75) is 36.9 Å². The number of nitrogens with zero attached hydrogens (tertiary/aromatic N) is 1. The quantitative estimate of drug-likeness (QED) is 0.539. The molecule has 0 amide bonds. The Labute approximate surface area is 164 Å². The summed E-state index contributed by atoms with van der Waals surface area (Å²) in [5.41, 5.74) is 2.66. The summed E-state index contributed by atoms with van der Waals surface area (Å²) in [4.78, 5) is 2.57. The van der Waals surface area contributed by atoms with Gasteiger partial charge in [-0.3, -0.25) is 4.90 Å². The molecule has 3 aliphatic heterocycles. The van der Waals surface area contributed by atoms with Crippen molar-refractivity contribution in [3.05, 3.63) is 29.3 Å². The average molecular weight is 418 g/mol. The molecule has 4 atom stereocenters. The monoisotopic (exact) mass is 417 g/mol. The van der Waals surface area contributed by atoms with Gasteiger partial charge in [0.1, 0.15) is 0 Å². The summed E-state index contributed by atoms with van der Waals surface area (Å²) in [5.74, 6) is 2.43. The van der Waals surface area contributed by atoms with Crippen molar-refractivity contribution < 1.29 is 47.8 Å². The van der Waals surface area contributed by atoms with Crippen molar-refractivity contribution in [3.63, 3.8) is 0 Å². The van der Waals surface area contributed by atoms with Crippen LogP contribution in [0.4, 0.5) is 0 Å². The van der Waals surface area contributed by atoms with Crippen LogP contribution >= 0.6 is 0 Å². The van der Waals surface area contributed by atoms with E-state index in [0.29, 0.717) is 6.04 Å². The van der Waals surface area contributed by atoms with Gasteiger partial charge in [0.25, 0.3) is 0 Å². The van der Waals surface area contributed by atoms with Crippen LogP contribution in [0.25, 0.3) is 0 Å². The van der Waals surface area contributed by atoms with Crippen LogP contribution < -0.4 is 18.9 Å². The molecule has 5 rings (SSSR count). The van der Waals surface area contributed by atoms with Gasteiger partial charge in [-0.2, -0.15) is 0 Å². The number of hydrogen-bond donors (Lipinski definition) is 3. The number of halogens is 1.